The minimum absolute atomic E-state index is 0.0326. The van der Waals surface area contributed by atoms with Gasteiger partial charge in [-0.2, -0.15) is 0 Å². The van der Waals surface area contributed by atoms with Gasteiger partial charge in [-0.25, -0.2) is 4.79 Å². The molecule has 2 unspecified atom stereocenters. The molecule has 1 aliphatic carbocycles. The van der Waals surface area contributed by atoms with E-state index in [1.165, 1.54) is 16.8 Å². The summed E-state index contributed by atoms with van der Waals surface area (Å²) in [7, 11) is 0. The van der Waals surface area contributed by atoms with Crippen molar-refractivity contribution in [3.05, 3.63) is 63.5 Å². The second-order valence-electron chi connectivity index (χ2n) is 10.5. The highest BCUT2D eigenvalue weighted by molar-refractivity contribution is 8.15. The molecule has 0 bridgehead atoms. The van der Waals surface area contributed by atoms with Gasteiger partial charge in [0.25, 0.3) is 0 Å². The second-order valence-corrected chi connectivity index (χ2v) is 11.7. The first-order valence-electron chi connectivity index (χ1n) is 11.3. The maximum absolute atomic E-state index is 13.2. The fourth-order valence-corrected chi connectivity index (χ4v) is 6.70. The van der Waals surface area contributed by atoms with Crippen LogP contribution in [0.3, 0.4) is 0 Å². The summed E-state index contributed by atoms with van der Waals surface area (Å²) in [5.41, 5.74) is 5.06. The van der Waals surface area contributed by atoms with E-state index in [1.807, 2.05) is 12.1 Å². The highest BCUT2D eigenvalue weighted by Gasteiger charge is 2.42. The number of nitrogens with zero attached hydrogens (tertiary/aromatic N) is 2. The van der Waals surface area contributed by atoms with Crippen LogP contribution in [0.1, 0.15) is 57.2 Å². The van der Waals surface area contributed by atoms with Gasteiger partial charge in [0.15, 0.2) is 0 Å². The van der Waals surface area contributed by atoms with Gasteiger partial charge in [0.1, 0.15) is 10.6 Å². The molecule has 1 aromatic heterocycles. The van der Waals surface area contributed by atoms with Crippen molar-refractivity contribution in [1.29, 1.82) is 0 Å². The molecule has 0 fully saturated rings. The van der Waals surface area contributed by atoms with E-state index in [2.05, 4.69) is 56.9 Å². The zero-order valence-electron chi connectivity index (χ0n) is 18.6. The Labute approximate surface area is 187 Å². The number of allylic oxidation sites excluding steroid dienone is 2. The molecule has 4 nitrogen and oxygen atoms in total. The largest absolute Gasteiger partial charge is 0.422 e. The summed E-state index contributed by atoms with van der Waals surface area (Å²) in [5.74, 6) is 0. The third-order valence-corrected chi connectivity index (χ3v) is 8.79. The molecular formula is C26H28N2O2S. The van der Waals surface area contributed by atoms with Gasteiger partial charge in [0.05, 0.1) is 16.9 Å². The molecule has 2 aromatic rings. The Morgan fingerprint density at radius 1 is 1.06 bits per heavy atom. The van der Waals surface area contributed by atoms with Crippen molar-refractivity contribution >= 4 is 33.5 Å². The maximum Gasteiger partial charge on any atom is 0.346 e. The second kappa shape index (κ2) is 6.38. The first kappa shape index (κ1) is 19.4. The van der Waals surface area contributed by atoms with E-state index in [-0.39, 0.29) is 27.7 Å². The zero-order valence-corrected chi connectivity index (χ0v) is 19.4. The van der Waals surface area contributed by atoms with Crippen molar-refractivity contribution < 1.29 is 4.42 Å². The van der Waals surface area contributed by atoms with Crippen molar-refractivity contribution in [2.45, 2.75) is 62.7 Å². The van der Waals surface area contributed by atoms with Gasteiger partial charge >= 0.3 is 5.63 Å². The molecule has 4 aliphatic rings. The molecule has 0 N–H and O–H groups in total. The molecule has 1 aromatic carbocycles. The fourth-order valence-electron chi connectivity index (χ4n) is 5.53. The van der Waals surface area contributed by atoms with E-state index in [9.17, 15) is 4.79 Å². The molecule has 6 rings (SSSR count). The van der Waals surface area contributed by atoms with Crippen molar-refractivity contribution in [3.63, 3.8) is 0 Å². The van der Waals surface area contributed by atoms with Crippen LogP contribution in [0.15, 0.2) is 50.6 Å². The van der Waals surface area contributed by atoms with Gasteiger partial charge in [-0.3, -0.25) is 4.99 Å². The van der Waals surface area contributed by atoms with Gasteiger partial charge < -0.3 is 9.32 Å². The lowest BCUT2D eigenvalue weighted by molar-refractivity contribution is 0.398. The number of fused-ring (bicyclic) bond motifs is 3. The average molecular weight is 433 g/mol. The molecule has 0 amide bonds. The number of anilines is 1. The first-order valence-corrected chi connectivity index (χ1v) is 12.1. The minimum Gasteiger partial charge on any atom is -0.422 e. The van der Waals surface area contributed by atoms with Crippen LogP contribution in [0.4, 0.5) is 5.69 Å². The van der Waals surface area contributed by atoms with Gasteiger partial charge in [-0.1, -0.05) is 63.8 Å². The van der Waals surface area contributed by atoms with Crippen LogP contribution in [-0.2, 0) is 10.8 Å². The van der Waals surface area contributed by atoms with Gasteiger partial charge in [-0.05, 0) is 41.4 Å². The van der Waals surface area contributed by atoms with Crippen molar-refractivity contribution in [3.8, 4) is 0 Å². The lowest BCUT2D eigenvalue weighted by atomic mass is 9.69. The Bertz CT molecular complexity index is 1260. The molecule has 31 heavy (non-hydrogen) atoms. The Morgan fingerprint density at radius 3 is 2.58 bits per heavy atom. The Morgan fingerprint density at radius 2 is 1.81 bits per heavy atom. The smallest absolute Gasteiger partial charge is 0.346 e. The molecule has 4 heterocycles. The van der Waals surface area contributed by atoms with Crippen LogP contribution in [-0.4, -0.2) is 29.4 Å². The van der Waals surface area contributed by atoms with E-state index in [0.29, 0.717) is 5.56 Å². The minimum atomic E-state index is -0.274. The summed E-state index contributed by atoms with van der Waals surface area (Å²) < 4.78 is 6.12. The summed E-state index contributed by atoms with van der Waals surface area (Å²) in [6, 6.07) is 4.42. The predicted octanol–water partition coefficient (Wildman–Crippen LogP) is 5.32. The van der Waals surface area contributed by atoms with E-state index < -0.39 is 0 Å². The number of hydrogen-bond acceptors (Lipinski definition) is 5. The lowest BCUT2D eigenvalue weighted by Crippen LogP contribution is -2.44. The quantitative estimate of drug-likeness (QED) is 0.572. The van der Waals surface area contributed by atoms with Gasteiger partial charge in [0.2, 0.25) is 0 Å². The lowest BCUT2D eigenvalue weighted by Gasteiger charge is -2.48. The van der Waals surface area contributed by atoms with E-state index in [4.69, 9.17) is 9.41 Å². The third kappa shape index (κ3) is 2.82. The van der Waals surface area contributed by atoms with Crippen LogP contribution < -0.4 is 10.5 Å². The molecule has 3 aliphatic heterocycles. The number of hydrogen-bond donors (Lipinski definition) is 0. The van der Waals surface area contributed by atoms with Crippen molar-refractivity contribution in [2.75, 3.05) is 18.0 Å². The molecule has 0 spiro atoms. The standard InChI is InChI=1S/C26H28N2O2S/c1-25(2)9-11-28-12-10-26(3,4)20-21(28)17(25)14-15-13-16(24(29)30-22(15)20)23-27-18-7-5-6-8-19(18)31-23/h5-8,13-14,18-19H,9-12H2,1-4H3. The van der Waals surface area contributed by atoms with Gasteiger partial charge in [0, 0.05) is 29.7 Å². The Kier molecular flexibility index (Phi) is 4.00. The van der Waals surface area contributed by atoms with E-state index >= 15 is 0 Å². The molecule has 2 atom stereocenters. The van der Waals surface area contributed by atoms with Gasteiger partial charge in [-0.15, -0.1) is 0 Å². The molecule has 0 radical (unpaired) electrons. The molecule has 5 heteroatoms. The topological polar surface area (TPSA) is 45.8 Å². The third-order valence-electron chi connectivity index (χ3n) is 7.53. The predicted molar refractivity (Wildman–Crippen MR) is 130 cm³/mol. The van der Waals surface area contributed by atoms with Crippen molar-refractivity contribution in [2.24, 2.45) is 4.99 Å². The summed E-state index contributed by atoms with van der Waals surface area (Å²) >= 11 is 1.66. The highest BCUT2D eigenvalue weighted by Crippen LogP contribution is 2.51. The maximum atomic E-state index is 13.2. The Balaban J connectivity index is 1.60. The summed E-state index contributed by atoms with van der Waals surface area (Å²) in [4.78, 5) is 20.5. The average Bonchev–Trinajstić information content (AvgIpc) is 3.15. The van der Waals surface area contributed by atoms with Crippen LogP contribution >= 0.6 is 11.8 Å². The number of rotatable bonds is 1. The number of thioether (sulfide) groups is 1. The first-order chi connectivity index (χ1) is 14.7. The highest BCUT2D eigenvalue weighted by atomic mass is 32.2. The van der Waals surface area contributed by atoms with Crippen LogP contribution in [0.5, 0.6) is 0 Å². The van der Waals surface area contributed by atoms with Crippen LogP contribution in [0, 0.1) is 0 Å². The number of benzene rings is 1. The van der Waals surface area contributed by atoms with E-state index in [1.54, 1.807) is 11.8 Å². The van der Waals surface area contributed by atoms with Crippen LogP contribution in [0.2, 0.25) is 0 Å². The SMILES string of the molecule is CC1(C)CCN2CCC(C)(C)c3c2c1cc1cc(C2=NC4C=CC=CC4S2)c(=O)oc31. The summed E-state index contributed by atoms with van der Waals surface area (Å²) in [5, 5.41) is 2.09. The zero-order chi connectivity index (χ0) is 21.5. The summed E-state index contributed by atoms with van der Waals surface area (Å²) in [6.07, 6.45) is 10.6. The fraction of sp³-hybridized carbons (Fsp3) is 0.462. The van der Waals surface area contributed by atoms with Crippen molar-refractivity contribution in [1.82, 2.24) is 0 Å². The monoisotopic (exact) mass is 432 g/mol. The normalized spacial score (nSPS) is 27.2. The Hall–Kier alpha value is -2.27. The summed E-state index contributed by atoms with van der Waals surface area (Å²) in [6.45, 7) is 11.4. The number of aliphatic imine (C=N–C) groups is 1. The molecule has 0 saturated carbocycles. The molecule has 160 valence electrons. The van der Waals surface area contributed by atoms with Crippen LogP contribution in [0.25, 0.3) is 11.0 Å². The molecular weight excluding hydrogens is 404 g/mol. The molecule has 0 saturated heterocycles. The van der Waals surface area contributed by atoms with E-state index in [0.717, 1.165) is 41.9 Å².